The van der Waals surface area contributed by atoms with Crippen molar-refractivity contribution < 1.29 is 14.3 Å². The van der Waals surface area contributed by atoms with E-state index in [9.17, 15) is 9.90 Å². The molecule has 0 aromatic carbocycles. The molecule has 1 aromatic heterocycles. The molecule has 18 heavy (non-hydrogen) atoms. The number of aliphatic hydroxyl groups is 1. The molecule has 0 spiro atoms. The lowest BCUT2D eigenvalue weighted by Gasteiger charge is -2.21. The number of hydrogen-bond donors (Lipinski definition) is 3. The van der Waals surface area contributed by atoms with Crippen LogP contribution in [0, 0.1) is 12.8 Å². The minimum absolute atomic E-state index is 0.101. The van der Waals surface area contributed by atoms with Crippen molar-refractivity contribution in [3.05, 3.63) is 23.7 Å². The predicted molar refractivity (Wildman–Crippen MR) is 69.3 cm³/mol. The van der Waals surface area contributed by atoms with E-state index in [4.69, 9.17) is 4.42 Å². The van der Waals surface area contributed by atoms with E-state index >= 15 is 0 Å². The van der Waals surface area contributed by atoms with Gasteiger partial charge in [0, 0.05) is 6.54 Å². The molecule has 5 heteroatoms. The monoisotopic (exact) mass is 254 g/mol. The summed E-state index contributed by atoms with van der Waals surface area (Å²) in [5.41, 5.74) is -1.20. The summed E-state index contributed by atoms with van der Waals surface area (Å²) in [6.07, 6.45) is 0. The Bertz CT molecular complexity index is 397. The number of amides is 2. The van der Waals surface area contributed by atoms with E-state index < -0.39 is 5.60 Å². The third-order valence-electron chi connectivity index (χ3n) is 2.54. The van der Waals surface area contributed by atoms with E-state index in [0.717, 1.165) is 5.76 Å². The van der Waals surface area contributed by atoms with Gasteiger partial charge in [-0.1, -0.05) is 13.8 Å². The normalized spacial score (nSPS) is 14.3. The number of carbonyl (C=O) groups is 1. The molecule has 0 aliphatic carbocycles. The van der Waals surface area contributed by atoms with Crippen LogP contribution in [0.15, 0.2) is 16.5 Å². The number of aryl methyl sites for hydroxylation is 1. The topological polar surface area (TPSA) is 74.5 Å². The Morgan fingerprint density at radius 3 is 2.61 bits per heavy atom. The molecule has 0 aliphatic rings. The molecule has 5 nitrogen and oxygen atoms in total. The molecule has 0 saturated carbocycles. The van der Waals surface area contributed by atoms with Crippen molar-refractivity contribution in [3.63, 3.8) is 0 Å². The van der Waals surface area contributed by atoms with Crippen molar-refractivity contribution in [2.45, 2.75) is 33.3 Å². The minimum atomic E-state index is -1.20. The number of hydrogen-bond acceptors (Lipinski definition) is 3. The Labute approximate surface area is 108 Å². The first-order chi connectivity index (χ1) is 8.31. The van der Waals surface area contributed by atoms with Gasteiger partial charge in [0.25, 0.3) is 0 Å². The average molecular weight is 254 g/mol. The van der Waals surface area contributed by atoms with Crippen molar-refractivity contribution in [2.24, 2.45) is 5.92 Å². The quantitative estimate of drug-likeness (QED) is 0.749. The highest BCUT2D eigenvalue weighted by molar-refractivity contribution is 5.73. The maximum Gasteiger partial charge on any atom is 0.314 e. The second kappa shape index (κ2) is 5.91. The van der Waals surface area contributed by atoms with Gasteiger partial charge in [-0.25, -0.2) is 4.79 Å². The van der Waals surface area contributed by atoms with Crippen LogP contribution in [-0.2, 0) is 5.60 Å². The molecule has 0 fully saturated rings. The van der Waals surface area contributed by atoms with Gasteiger partial charge in [0.15, 0.2) is 0 Å². The molecule has 102 valence electrons. The Kier molecular flexibility index (Phi) is 4.78. The van der Waals surface area contributed by atoms with Gasteiger partial charge in [-0.15, -0.1) is 0 Å². The molecule has 2 amide bonds. The van der Waals surface area contributed by atoms with Crippen LogP contribution in [0.3, 0.4) is 0 Å². The lowest BCUT2D eigenvalue weighted by Crippen LogP contribution is -2.44. The molecule has 1 atom stereocenters. The standard InChI is InChI=1S/C13H22N2O3/c1-9(2)7-14-12(16)15-8-13(4,17)11-6-5-10(3)18-11/h5-6,9,17H,7-8H2,1-4H3,(H2,14,15,16). The predicted octanol–water partition coefficient (Wildman–Crippen LogP) is 1.75. The number of furan rings is 1. The number of carbonyl (C=O) groups excluding carboxylic acids is 1. The molecule has 1 heterocycles. The summed E-state index contributed by atoms with van der Waals surface area (Å²) < 4.78 is 5.36. The smallest absolute Gasteiger partial charge is 0.314 e. The first-order valence-electron chi connectivity index (χ1n) is 6.12. The van der Waals surface area contributed by atoms with Crippen LogP contribution in [0.25, 0.3) is 0 Å². The van der Waals surface area contributed by atoms with Gasteiger partial charge in [0.1, 0.15) is 17.1 Å². The largest absolute Gasteiger partial charge is 0.463 e. The van der Waals surface area contributed by atoms with Crippen LogP contribution in [0.5, 0.6) is 0 Å². The Morgan fingerprint density at radius 1 is 1.44 bits per heavy atom. The number of urea groups is 1. The third-order valence-corrected chi connectivity index (χ3v) is 2.54. The molecular formula is C13H22N2O3. The highest BCUT2D eigenvalue weighted by Gasteiger charge is 2.27. The fourth-order valence-corrected chi connectivity index (χ4v) is 1.42. The van der Waals surface area contributed by atoms with Crippen molar-refractivity contribution in [1.82, 2.24) is 10.6 Å². The van der Waals surface area contributed by atoms with Gasteiger partial charge in [-0.2, -0.15) is 0 Å². The molecule has 3 N–H and O–H groups in total. The first kappa shape index (κ1) is 14.6. The van der Waals surface area contributed by atoms with Gasteiger partial charge in [0.05, 0.1) is 6.54 Å². The highest BCUT2D eigenvalue weighted by atomic mass is 16.4. The summed E-state index contributed by atoms with van der Waals surface area (Å²) in [4.78, 5) is 11.5. The molecule has 0 saturated heterocycles. The van der Waals surface area contributed by atoms with Gasteiger partial charge >= 0.3 is 6.03 Å². The highest BCUT2D eigenvalue weighted by Crippen LogP contribution is 2.21. The van der Waals surface area contributed by atoms with Crippen molar-refractivity contribution in [1.29, 1.82) is 0 Å². The lowest BCUT2D eigenvalue weighted by molar-refractivity contribution is 0.0359. The zero-order valence-electron chi connectivity index (χ0n) is 11.4. The molecule has 0 aliphatic heterocycles. The second-order valence-corrected chi connectivity index (χ2v) is 5.14. The minimum Gasteiger partial charge on any atom is -0.463 e. The molecule has 1 rings (SSSR count). The van der Waals surface area contributed by atoms with Crippen molar-refractivity contribution in [3.8, 4) is 0 Å². The SMILES string of the molecule is Cc1ccc(C(C)(O)CNC(=O)NCC(C)C)o1. The summed E-state index contributed by atoms with van der Waals surface area (Å²) in [5.74, 6) is 1.57. The molecule has 1 aromatic rings. The van der Waals surface area contributed by atoms with Crippen LogP contribution >= 0.6 is 0 Å². The molecule has 0 radical (unpaired) electrons. The maximum absolute atomic E-state index is 11.5. The fourth-order valence-electron chi connectivity index (χ4n) is 1.42. The summed E-state index contributed by atoms with van der Waals surface area (Å²) in [6.45, 7) is 8.15. The van der Waals surface area contributed by atoms with Crippen molar-refractivity contribution >= 4 is 6.03 Å². The average Bonchev–Trinajstić information content (AvgIpc) is 2.71. The molecule has 1 unspecified atom stereocenters. The van der Waals surface area contributed by atoms with Gasteiger partial charge in [-0.05, 0) is 31.9 Å². The Balaban J connectivity index is 2.44. The van der Waals surface area contributed by atoms with Gasteiger partial charge in [-0.3, -0.25) is 0 Å². The van der Waals surface area contributed by atoms with Crippen LogP contribution in [0.1, 0.15) is 32.3 Å². The van der Waals surface area contributed by atoms with Crippen LogP contribution in [0.2, 0.25) is 0 Å². The maximum atomic E-state index is 11.5. The van der Waals surface area contributed by atoms with E-state index in [1.807, 2.05) is 20.8 Å². The van der Waals surface area contributed by atoms with Gasteiger partial charge in [0.2, 0.25) is 0 Å². The third kappa shape index (κ3) is 4.41. The molecule has 0 bridgehead atoms. The summed E-state index contributed by atoms with van der Waals surface area (Å²) in [7, 11) is 0. The molecular weight excluding hydrogens is 232 g/mol. The Hall–Kier alpha value is -1.49. The van der Waals surface area contributed by atoms with Crippen molar-refractivity contribution in [2.75, 3.05) is 13.1 Å². The van der Waals surface area contributed by atoms with E-state index in [-0.39, 0.29) is 12.6 Å². The second-order valence-electron chi connectivity index (χ2n) is 5.14. The van der Waals surface area contributed by atoms with E-state index in [1.54, 1.807) is 19.1 Å². The van der Waals surface area contributed by atoms with E-state index in [2.05, 4.69) is 10.6 Å². The summed E-state index contributed by atoms with van der Waals surface area (Å²) in [5, 5.41) is 15.5. The van der Waals surface area contributed by atoms with Gasteiger partial charge < -0.3 is 20.2 Å². The van der Waals surface area contributed by atoms with E-state index in [0.29, 0.717) is 18.2 Å². The summed E-state index contributed by atoms with van der Waals surface area (Å²) >= 11 is 0. The fraction of sp³-hybridized carbons (Fsp3) is 0.615. The number of rotatable bonds is 5. The summed E-state index contributed by atoms with van der Waals surface area (Å²) in [6, 6.07) is 3.21. The Morgan fingerprint density at radius 2 is 2.11 bits per heavy atom. The lowest BCUT2D eigenvalue weighted by atomic mass is 10.0. The van der Waals surface area contributed by atoms with Crippen LogP contribution in [-0.4, -0.2) is 24.2 Å². The number of nitrogens with one attached hydrogen (secondary N) is 2. The zero-order chi connectivity index (χ0) is 13.8. The van der Waals surface area contributed by atoms with Crippen LogP contribution < -0.4 is 10.6 Å². The van der Waals surface area contributed by atoms with E-state index in [1.165, 1.54) is 0 Å². The van der Waals surface area contributed by atoms with Crippen LogP contribution in [0.4, 0.5) is 4.79 Å². The zero-order valence-corrected chi connectivity index (χ0v) is 11.4. The first-order valence-corrected chi connectivity index (χ1v) is 6.12.